The zero-order chi connectivity index (χ0) is 21.5. The average Bonchev–Trinajstić information content (AvgIpc) is 3.14. The number of hydrogen-bond donors (Lipinski definition) is 2. The van der Waals surface area contributed by atoms with Crippen molar-refractivity contribution in [1.29, 1.82) is 0 Å². The molecule has 0 spiro atoms. The SMILES string of the molecule is CCc1nc(N)sc1C(=O)NN=Cc1ccc(OCc2ccccc2Cl)c(OC)c1. The van der Waals surface area contributed by atoms with Crippen LogP contribution in [0.4, 0.5) is 5.13 Å². The fraction of sp³-hybridized carbons (Fsp3) is 0.190. The molecule has 7 nitrogen and oxygen atoms in total. The van der Waals surface area contributed by atoms with E-state index in [0.29, 0.717) is 45.3 Å². The normalized spacial score (nSPS) is 10.9. The molecular weight excluding hydrogens is 424 g/mol. The molecule has 0 radical (unpaired) electrons. The van der Waals surface area contributed by atoms with E-state index in [1.165, 1.54) is 6.21 Å². The molecular formula is C21H21ClN4O3S. The lowest BCUT2D eigenvalue weighted by Crippen LogP contribution is -2.17. The highest BCUT2D eigenvalue weighted by atomic mass is 35.5. The van der Waals surface area contributed by atoms with Gasteiger partial charge in [-0.3, -0.25) is 4.79 Å². The number of aryl methyl sites for hydroxylation is 1. The number of hydrogen-bond acceptors (Lipinski definition) is 7. The Balaban J connectivity index is 1.65. The fourth-order valence-corrected chi connectivity index (χ4v) is 3.66. The summed E-state index contributed by atoms with van der Waals surface area (Å²) in [5, 5.41) is 5.02. The molecule has 2 aromatic carbocycles. The van der Waals surface area contributed by atoms with Crippen LogP contribution in [-0.4, -0.2) is 24.2 Å². The lowest BCUT2D eigenvalue weighted by Gasteiger charge is -2.12. The molecule has 30 heavy (non-hydrogen) atoms. The number of benzene rings is 2. The van der Waals surface area contributed by atoms with E-state index < -0.39 is 0 Å². The molecule has 0 aliphatic rings. The summed E-state index contributed by atoms with van der Waals surface area (Å²) in [6, 6.07) is 12.8. The summed E-state index contributed by atoms with van der Waals surface area (Å²) in [5.41, 5.74) is 10.5. The van der Waals surface area contributed by atoms with Gasteiger partial charge >= 0.3 is 0 Å². The summed E-state index contributed by atoms with van der Waals surface area (Å²) in [6.07, 6.45) is 2.14. The van der Waals surface area contributed by atoms with E-state index in [1.54, 1.807) is 19.2 Å². The molecule has 1 amide bonds. The number of amides is 1. The Morgan fingerprint density at radius 1 is 1.30 bits per heavy atom. The first-order valence-electron chi connectivity index (χ1n) is 9.14. The van der Waals surface area contributed by atoms with Gasteiger partial charge in [0.2, 0.25) is 0 Å². The zero-order valence-electron chi connectivity index (χ0n) is 16.5. The first-order chi connectivity index (χ1) is 14.5. The molecule has 0 fully saturated rings. The van der Waals surface area contributed by atoms with E-state index in [2.05, 4.69) is 15.5 Å². The van der Waals surface area contributed by atoms with Crippen LogP contribution in [0.5, 0.6) is 11.5 Å². The smallest absolute Gasteiger partial charge is 0.283 e. The Kier molecular flexibility index (Phi) is 7.26. The van der Waals surface area contributed by atoms with Crippen LogP contribution >= 0.6 is 22.9 Å². The third kappa shape index (κ3) is 5.28. The Labute approximate surface area is 183 Å². The van der Waals surface area contributed by atoms with E-state index >= 15 is 0 Å². The third-order valence-corrected chi connectivity index (χ3v) is 5.46. The lowest BCUT2D eigenvalue weighted by atomic mass is 10.2. The Bertz CT molecular complexity index is 1070. The highest BCUT2D eigenvalue weighted by Crippen LogP contribution is 2.29. The predicted octanol–water partition coefficient (Wildman–Crippen LogP) is 4.29. The first kappa shape index (κ1) is 21.6. The number of carbonyl (C=O) groups excluding carboxylic acids is 1. The number of ether oxygens (including phenoxy) is 2. The molecule has 0 aliphatic heterocycles. The predicted molar refractivity (Wildman–Crippen MR) is 120 cm³/mol. The third-order valence-electron chi connectivity index (χ3n) is 4.16. The molecule has 156 valence electrons. The summed E-state index contributed by atoms with van der Waals surface area (Å²) >= 11 is 7.30. The molecule has 1 aromatic heterocycles. The first-order valence-corrected chi connectivity index (χ1v) is 10.3. The van der Waals surface area contributed by atoms with Gasteiger partial charge in [0.15, 0.2) is 16.6 Å². The number of nitrogen functional groups attached to an aromatic ring is 1. The quantitative estimate of drug-likeness (QED) is 0.398. The molecule has 0 saturated heterocycles. The van der Waals surface area contributed by atoms with Crippen molar-refractivity contribution in [2.24, 2.45) is 5.10 Å². The number of thiazole rings is 1. The van der Waals surface area contributed by atoms with Crippen molar-refractivity contribution in [1.82, 2.24) is 10.4 Å². The van der Waals surface area contributed by atoms with Gasteiger partial charge in [-0.25, -0.2) is 10.4 Å². The lowest BCUT2D eigenvalue weighted by molar-refractivity contribution is 0.0958. The molecule has 0 saturated carbocycles. The molecule has 0 atom stereocenters. The standard InChI is InChI=1S/C21H21ClN4O3S/c1-3-16-19(30-21(23)25-16)20(27)26-24-11-13-8-9-17(18(10-13)28-2)29-12-14-6-4-5-7-15(14)22/h4-11H,3,12H2,1-2H3,(H2,23,25)(H,26,27). The number of carbonyl (C=O) groups is 1. The van der Waals surface area contributed by atoms with Crippen molar-refractivity contribution >= 4 is 40.2 Å². The van der Waals surface area contributed by atoms with Gasteiger partial charge < -0.3 is 15.2 Å². The van der Waals surface area contributed by atoms with Gasteiger partial charge in [0.25, 0.3) is 5.91 Å². The maximum Gasteiger partial charge on any atom is 0.283 e. The minimum absolute atomic E-state index is 0.317. The number of nitrogens with one attached hydrogen (secondary N) is 1. The molecule has 0 unspecified atom stereocenters. The van der Waals surface area contributed by atoms with E-state index in [0.717, 1.165) is 22.5 Å². The number of nitrogens with two attached hydrogens (primary N) is 1. The van der Waals surface area contributed by atoms with Crippen molar-refractivity contribution in [2.45, 2.75) is 20.0 Å². The highest BCUT2D eigenvalue weighted by Gasteiger charge is 2.15. The number of aromatic nitrogens is 1. The molecule has 3 N–H and O–H groups in total. The second kappa shape index (κ2) is 10.1. The van der Waals surface area contributed by atoms with Crippen LogP contribution in [-0.2, 0) is 13.0 Å². The number of anilines is 1. The van der Waals surface area contributed by atoms with Gasteiger partial charge in [-0.2, -0.15) is 5.10 Å². The summed E-state index contributed by atoms with van der Waals surface area (Å²) in [6.45, 7) is 2.23. The Morgan fingerprint density at radius 2 is 2.10 bits per heavy atom. The minimum atomic E-state index is -0.344. The van der Waals surface area contributed by atoms with Crippen LogP contribution < -0.4 is 20.6 Å². The summed E-state index contributed by atoms with van der Waals surface area (Å²) in [5.74, 6) is 0.774. The molecule has 0 aliphatic carbocycles. The minimum Gasteiger partial charge on any atom is -0.493 e. The largest absolute Gasteiger partial charge is 0.493 e. The van der Waals surface area contributed by atoms with Crippen LogP contribution in [0.1, 0.15) is 33.4 Å². The second-order valence-electron chi connectivity index (χ2n) is 6.17. The van der Waals surface area contributed by atoms with Gasteiger partial charge in [0.05, 0.1) is 19.0 Å². The molecule has 9 heteroatoms. The number of nitrogens with zero attached hydrogens (tertiary/aromatic N) is 2. The van der Waals surface area contributed by atoms with Gasteiger partial charge in [-0.05, 0) is 36.2 Å². The molecule has 3 rings (SSSR count). The van der Waals surface area contributed by atoms with Gasteiger partial charge in [-0.15, -0.1) is 0 Å². The molecule has 1 heterocycles. The second-order valence-corrected chi connectivity index (χ2v) is 7.61. The van der Waals surface area contributed by atoms with E-state index in [4.69, 9.17) is 26.8 Å². The fourth-order valence-electron chi connectivity index (χ4n) is 2.66. The van der Waals surface area contributed by atoms with Crippen LogP contribution in [0.25, 0.3) is 0 Å². The van der Waals surface area contributed by atoms with Crippen molar-refractivity contribution < 1.29 is 14.3 Å². The van der Waals surface area contributed by atoms with Gasteiger partial charge in [-0.1, -0.05) is 48.1 Å². The maximum absolute atomic E-state index is 12.3. The van der Waals surface area contributed by atoms with Crippen molar-refractivity contribution in [3.05, 3.63) is 69.2 Å². The Morgan fingerprint density at radius 3 is 2.83 bits per heavy atom. The topological polar surface area (TPSA) is 98.8 Å². The summed E-state index contributed by atoms with van der Waals surface area (Å²) in [4.78, 5) is 16.9. The van der Waals surface area contributed by atoms with Gasteiger partial charge in [0.1, 0.15) is 11.5 Å². The van der Waals surface area contributed by atoms with E-state index in [9.17, 15) is 4.79 Å². The number of rotatable bonds is 8. The monoisotopic (exact) mass is 444 g/mol. The molecule has 0 bridgehead atoms. The van der Waals surface area contributed by atoms with Crippen LogP contribution in [0.15, 0.2) is 47.6 Å². The van der Waals surface area contributed by atoms with E-state index in [-0.39, 0.29) is 5.91 Å². The van der Waals surface area contributed by atoms with Gasteiger partial charge in [0, 0.05) is 10.6 Å². The number of methoxy groups -OCH3 is 1. The van der Waals surface area contributed by atoms with E-state index in [1.807, 2.05) is 37.3 Å². The Hall–Kier alpha value is -3.10. The molecule has 3 aromatic rings. The summed E-state index contributed by atoms with van der Waals surface area (Å²) < 4.78 is 11.2. The maximum atomic E-state index is 12.3. The van der Waals surface area contributed by atoms with Crippen molar-refractivity contribution in [3.63, 3.8) is 0 Å². The number of hydrazone groups is 1. The van der Waals surface area contributed by atoms with Crippen molar-refractivity contribution in [3.8, 4) is 11.5 Å². The zero-order valence-corrected chi connectivity index (χ0v) is 18.1. The van der Waals surface area contributed by atoms with Crippen LogP contribution in [0, 0.1) is 0 Å². The van der Waals surface area contributed by atoms with Crippen molar-refractivity contribution in [2.75, 3.05) is 12.8 Å². The van der Waals surface area contributed by atoms with Crippen LogP contribution in [0.2, 0.25) is 5.02 Å². The number of halogens is 1. The van der Waals surface area contributed by atoms with Crippen LogP contribution in [0.3, 0.4) is 0 Å². The average molecular weight is 445 g/mol. The summed E-state index contributed by atoms with van der Waals surface area (Å²) in [7, 11) is 1.56. The highest BCUT2D eigenvalue weighted by molar-refractivity contribution is 7.17.